The molecule has 1 aliphatic heterocycles. The van der Waals surface area contributed by atoms with Gasteiger partial charge in [-0.15, -0.1) is 0 Å². The molecule has 0 spiro atoms. The van der Waals surface area contributed by atoms with Crippen molar-refractivity contribution in [3.8, 4) is 16.9 Å². The Balaban J connectivity index is 1.58. The summed E-state index contributed by atoms with van der Waals surface area (Å²) in [4.78, 5) is 30.4. The van der Waals surface area contributed by atoms with E-state index in [4.69, 9.17) is 14.1 Å². The molecule has 0 bridgehead atoms. The monoisotopic (exact) mass is 435 g/mol. The number of ether oxygens (including phenoxy) is 1. The molecule has 3 aromatic rings. The quantitative estimate of drug-likeness (QED) is 0.602. The van der Waals surface area contributed by atoms with Crippen molar-refractivity contribution in [2.24, 2.45) is 0 Å². The van der Waals surface area contributed by atoms with Gasteiger partial charge < -0.3 is 19.0 Å². The Hall–Kier alpha value is -3.42. The first kappa shape index (κ1) is 21.8. The number of methoxy groups -OCH3 is 1. The molecule has 0 atom stereocenters. The van der Waals surface area contributed by atoms with Crippen molar-refractivity contribution in [3.63, 3.8) is 0 Å². The summed E-state index contributed by atoms with van der Waals surface area (Å²) in [5, 5.41) is 0. The lowest BCUT2D eigenvalue weighted by molar-refractivity contribution is 0.0677. The van der Waals surface area contributed by atoms with Crippen LogP contribution >= 0.6 is 0 Å². The van der Waals surface area contributed by atoms with Crippen molar-refractivity contribution in [2.45, 2.75) is 32.6 Å². The van der Waals surface area contributed by atoms with Crippen LogP contribution in [0.4, 0.5) is 5.95 Å². The van der Waals surface area contributed by atoms with Gasteiger partial charge in [-0.25, -0.2) is 15.0 Å². The average Bonchev–Trinajstić information content (AvgIpc) is 3.16. The highest BCUT2D eigenvalue weighted by molar-refractivity contribution is 5.92. The topological polar surface area (TPSA) is 84.6 Å². The van der Waals surface area contributed by atoms with E-state index in [-0.39, 0.29) is 11.8 Å². The Kier molecular flexibility index (Phi) is 6.12. The van der Waals surface area contributed by atoms with E-state index in [2.05, 4.69) is 9.97 Å². The van der Waals surface area contributed by atoms with E-state index in [1.807, 2.05) is 54.4 Å². The fourth-order valence-electron chi connectivity index (χ4n) is 4.13. The summed E-state index contributed by atoms with van der Waals surface area (Å²) in [5.74, 6) is 2.50. The molecule has 0 radical (unpaired) electrons. The second-order valence-corrected chi connectivity index (χ2v) is 8.31. The Morgan fingerprint density at radius 2 is 1.81 bits per heavy atom. The van der Waals surface area contributed by atoms with Crippen molar-refractivity contribution in [2.75, 3.05) is 39.2 Å². The summed E-state index contributed by atoms with van der Waals surface area (Å²) in [5.41, 5.74) is 3.73. The molecule has 0 saturated carbocycles. The SMILES string of the molecule is COc1ccc(-c2cnc(N(C)C)nc2C2CCN(C(=O)c3oc(C)nc3C)CC2)cc1. The summed E-state index contributed by atoms with van der Waals surface area (Å²) in [6.45, 7) is 4.85. The van der Waals surface area contributed by atoms with Crippen LogP contribution in [0.25, 0.3) is 11.1 Å². The molecule has 32 heavy (non-hydrogen) atoms. The third-order valence-electron chi connectivity index (χ3n) is 5.87. The summed E-state index contributed by atoms with van der Waals surface area (Å²) in [6.07, 6.45) is 3.55. The van der Waals surface area contributed by atoms with Crippen molar-refractivity contribution in [1.29, 1.82) is 0 Å². The Bertz CT molecular complexity index is 1100. The predicted molar refractivity (Wildman–Crippen MR) is 122 cm³/mol. The summed E-state index contributed by atoms with van der Waals surface area (Å²) < 4.78 is 10.8. The van der Waals surface area contributed by atoms with E-state index in [0.29, 0.717) is 36.4 Å². The van der Waals surface area contributed by atoms with E-state index in [9.17, 15) is 4.79 Å². The Morgan fingerprint density at radius 1 is 1.12 bits per heavy atom. The van der Waals surface area contributed by atoms with Crippen LogP contribution in [0.15, 0.2) is 34.9 Å². The minimum Gasteiger partial charge on any atom is -0.497 e. The lowest BCUT2D eigenvalue weighted by Crippen LogP contribution is -2.38. The maximum absolute atomic E-state index is 12.9. The van der Waals surface area contributed by atoms with Crippen LogP contribution in [0.5, 0.6) is 5.75 Å². The lowest BCUT2D eigenvalue weighted by Gasteiger charge is -2.32. The number of carbonyl (C=O) groups excluding carboxylic acids is 1. The van der Waals surface area contributed by atoms with Crippen LogP contribution < -0.4 is 9.64 Å². The molecule has 168 valence electrons. The normalized spacial score (nSPS) is 14.5. The van der Waals surface area contributed by atoms with Gasteiger partial charge in [0.25, 0.3) is 5.91 Å². The minimum atomic E-state index is -0.0893. The zero-order valence-electron chi connectivity index (χ0n) is 19.3. The van der Waals surface area contributed by atoms with Gasteiger partial charge in [-0.3, -0.25) is 4.79 Å². The van der Waals surface area contributed by atoms with Crippen LogP contribution in [-0.2, 0) is 0 Å². The van der Waals surface area contributed by atoms with Crippen molar-refractivity contribution >= 4 is 11.9 Å². The third kappa shape index (κ3) is 4.30. The van der Waals surface area contributed by atoms with Gasteiger partial charge in [0.15, 0.2) is 5.89 Å². The van der Waals surface area contributed by atoms with E-state index >= 15 is 0 Å². The Labute approximate surface area is 188 Å². The van der Waals surface area contributed by atoms with Gasteiger partial charge in [-0.2, -0.15) is 0 Å². The van der Waals surface area contributed by atoms with Gasteiger partial charge in [-0.1, -0.05) is 12.1 Å². The molecule has 0 unspecified atom stereocenters. The molecule has 8 heteroatoms. The van der Waals surface area contributed by atoms with Crippen molar-refractivity contribution in [1.82, 2.24) is 19.9 Å². The molecule has 4 rings (SSSR count). The van der Waals surface area contributed by atoms with Crippen LogP contribution in [0.1, 0.15) is 46.6 Å². The molecule has 1 fully saturated rings. The maximum atomic E-state index is 12.9. The maximum Gasteiger partial charge on any atom is 0.291 e. The van der Waals surface area contributed by atoms with Crippen LogP contribution in [0.3, 0.4) is 0 Å². The number of amides is 1. The number of aromatic nitrogens is 3. The molecular formula is C24H29N5O3. The van der Waals surface area contributed by atoms with E-state index in [0.717, 1.165) is 35.4 Å². The number of hydrogen-bond acceptors (Lipinski definition) is 7. The first-order chi connectivity index (χ1) is 15.4. The molecule has 8 nitrogen and oxygen atoms in total. The van der Waals surface area contributed by atoms with Gasteiger partial charge >= 0.3 is 0 Å². The van der Waals surface area contributed by atoms with Crippen molar-refractivity contribution < 1.29 is 13.9 Å². The fraction of sp³-hybridized carbons (Fsp3) is 0.417. The predicted octanol–water partition coefficient (Wildman–Crippen LogP) is 3.84. The number of aryl methyl sites for hydroxylation is 2. The second-order valence-electron chi connectivity index (χ2n) is 8.31. The number of hydrogen-bond donors (Lipinski definition) is 0. The average molecular weight is 436 g/mol. The van der Waals surface area contributed by atoms with Gasteiger partial charge in [0.05, 0.1) is 18.5 Å². The summed E-state index contributed by atoms with van der Waals surface area (Å²) in [6, 6.07) is 7.96. The Morgan fingerprint density at radius 3 is 2.38 bits per heavy atom. The molecule has 0 aliphatic carbocycles. The smallest absolute Gasteiger partial charge is 0.291 e. The van der Waals surface area contributed by atoms with E-state index in [1.165, 1.54) is 0 Å². The number of anilines is 1. The highest BCUT2D eigenvalue weighted by Crippen LogP contribution is 2.35. The summed E-state index contributed by atoms with van der Waals surface area (Å²) in [7, 11) is 5.54. The molecule has 1 amide bonds. The molecular weight excluding hydrogens is 406 g/mol. The standard InChI is InChI=1S/C24H29N5O3/c1-15-22(32-16(2)26-15)23(30)29-12-10-18(11-13-29)21-20(14-25-24(27-21)28(3)4)17-6-8-19(31-5)9-7-17/h6-9,14,18H,10-13H2,1-5H3. The molecule has 1 aromatic carbocycles. The zero-order valence-corrected chi connectivity index (χ0v) is 19.3. The second kappa shape index (κ2) is 8.98. The highest BCUT2D eigenvalue weighted by atomic mass is 16.5. The number of benzene rings is 1. The van der Waals surface area contributed by atoms with Crippen LogP contribution in [-0.4, -0.2) is 60.1 Å². The number of likely N-dealkylation sites (tertiary alicyclic amines) is 1. The first-order valence-electron chi connectivity index (χ1n) is 10.8. The first-order valence-corrected chi connectivity index (χ1v) is 10.8. The summed E-state index contributed by atoms with van der Waals surface area (Å²) >= 11 is 0. The molecule has 2 aromatic heterocycles. The van der Waals surface area contributed by atoms with Gasteiger partial charge in [-0.05, 0) is 37.5 Å². The highest BCUT2D eigenvalue weighted by Gasteiger charge is 2.30. The minimum absolute atomic E-state index is 0.0893. The number of piperidine rings is 1. The van der Waals surface area contributed by atoms with Gasteiger partial charge in [0.1, 0.15) is 5.75 Å². The number of nitrogens with zero attached hydrogens (tertiary/aromatic N) is 5. The number of rotatable bonds is 5. The van der Waals surface area contributed by atoms with Crippen LogP contribution in [0, 0.1) is 13.8 Å². The lowest BCUT2D eigenvalue weighted by atomic mass is 9.88. The van der Waals surface area contributed by atoms with Gasteiger partial charge in [0.2, 0.25) is 11.7 Å². The fourth-order valence-corrected chi connectivity index (χ4v) is 4.13. The number of carbonyl (C=O) groups is 1. The van der Waals surface area contributed by atoms with Crippen molar-refractivity contribution in [3.05, 3.63) is 53.5 Å². The molecule has 1 saturated heterocycles. The van der Waals surface area contributed by atoms with E-state index < -0.39 is 0 Å². The van der Waals surface area contributed by atoms with Gasteiger partial charge in [0, 0.05) is 51.8 Å². The zero-order chi connectivity index (χ0) is 22.8. The molecule has 3 heterocycles. The largest absolute Gasteiger partial charge is 0.497 e. The number of oxazole rings is 1. The van der Waals surface area contributed by atoms with Crippen LogP contribution in [0.2, 0.25) is 0 Å². The molecule has 0 N–H and O–H groups in total. The van der Waals surface area contributed by atoms with E-state index in [1.54, 1.807) is 21.0 Å². The molecule has 1 aliphatic rings. The third-order valence-corrected chi connectivity index (χ3v) is 5.87.